The molecule has 1 aromatic rings. The van der Waals surface area contributed by atoms with E-state index in [9.17, 15) is 4.79 Å². The highest BCUT2D eigenvalue weighted by molar-refractivity contribution is 9.10. The molecule has 0 fully saturated rings. The van der Waals surface area contributed by atoms with Crippen molar-refractivity contribution in [1.82, 2.24) is 0 Å². The van der Waals surface area contributed by atoms with Gasteiger partial charge in [0, 0.05) is 7.11 Å². The van der Waals surface area contributed by atoms with Gasteiger partial charge in [0.1, 0.15) is 19.0 Å². The summed E-state index contributed by atoms with van der Waals surface area (Å²) in [7, 11) is 1.62. The molecule has 0 saturated carbocycles. The second-order valence-electron chi connectivity index (χ2n) is 4.12. The third kappa shape index (κ3) is 5.87. The quantitative estimate of drug-likeness (QED) is 0.649. The van der Waals surface area contributed by atoms with Crippen LogP contribution in [0.5, 0.6) is 5.75 Å². The average Bonchev–Trinajstić information content (AvgIpc) is 2.40. The van der Waals surface area contributed by atoms with Crippen LogP contribution in [0.4, 0.5) is 0 Å². The van der Waals surface area contributed by atoms with Gasteiger partial charge in [0.25, 0.3) is 0 Å². The molecule has 0 aliphatic heterocycles. The number of ether oxygens (including phenoxy) is 3. The van der Waals surface area contributed by atoms with E-state index in [2.05, 4.69) is 15.9 Å². The lowest BCUT2D eigenvalue weighted by molar-refractivity contribution is -0.122. The number of hydrogen-bond donors (Lipinski definition) is 2. The molecular weight excluding hydrogens is 328 g/mol. The van der Waals surface area contributed by atoms with Crippen LogP contribution in [-0.4, -0.2) is 39.4 Å². The number of hydrogen-bond acceptors (Lipinski definition) is 5. The molecule has 112 valence electrons. The Bertz CT molecular complexity index is 442. The third-order valence-corrected chi connectivity index (χ3v) is 3.09. The summed E-state index contributed by atoms with van der Waals surface area (Å²) < 4.78 is 16.3. The van der Waals surface area contributed by atoms with Gasteiger partial charge in [0.15, 0.2) is 0 Å². The smallest absolute Gasteiger partial charge is 0.243 e. The maximum Gasteiger partial charge on any atom is 0.243 e. The van der Waals surface area contributed by atoms with Crippen LogP contribution in [0.25, 0.3) is 0 Å². The minimum Gasteiger partial charge on any atom is -0.490 e. The Morgan fingerprint density at radius 3 is 2.75 bits per heavy atom. The minimum absolute atomic E-state index is 0.132. The lowest BCUT2D eigenvalue weighted by atomic mass is 10.1. The lowest BCUT2D eigenvalue weighted by Crippen LogP contribution is -2.23. The Balaban J connectivity index is 2.54. The highest BCUT2D eigenvalue weighted by Gasteiger charge is 2.10. The molecule has 0 aromatic heterocycles. The summed E-state index contributed by atoms with van der Waals surface area (Å²) in [6.45, 7) is 1.09. The number of amides is 1. The van der Waals surface area contributed by atoms with Crippen molar-refractivity contribution in [3.63, 3.8) is 0 Å². The molecule has 1 aromatic carbocycles. The summed E-state index contributed by atoms with van der Waals surface area (Å²) in [5, 5.41) is 0. The highest BCUT2D eigenvalue weighted by Crippen LogP contribution is 2.28. The number of halogens is 1. The van der Waals surface area contributed by atoms with Crippen molar-refractivity contribution in [1.29, 1.82) is 0 Å². The number of primary amides is 1. The molecule has 0 aliphatic rings. The van der Waals surface area contributed by atoms with E-state index in [-0.39, 0.29) is 19.3 Å². The first kappa shape index (κ1) is 16.9. The molecule has 20 heavy (non-hydrogen) atoms. The Kier molecular flexibility index (Phi) is 7.53. The molecule has 1 atom stereocenters. The van der Waals surface area contributed by atoms with E-state index in [0.717, 1.165) is 15.8 Å². The largest absolute Gasteiger partial charge is 0.490 e. The molecule has 0 bridgehead atoms. The van der Waals surface area contributed by atoms with Crippen LogP contribution in [0.1, 0.15) is 11.6 Å². The van der Waals surface area contributed by atoms with Gasteiger partial charge in [-0.2, -0.15) is 0 Å². The summed E-state index contributed by atoms with van der Waals surface area (Å²) in [6.07, 6.45) is 0. The zero-order chi connectivity index (χ0) is 15.0. The molecule has 0 radical (unpaired) electrons. The van der Waals surface area contributed by atoms with Gasteiger partial charge in [-0.1, -0.05) is 6.07 Å². The Hall–Kier alpha value is -1.15. The molecule has 1 rings (SSSR count). The first-order chi connectivity index (χ1) is 9.54. The summed E-state index contributed by atoms with van der Waals surface area (Å²) in [4.78, 5) is 10.6. The van der Waals surface area contributed by atoms with Gasteiger partial charge in [-0.15, -0.1) is 0 Å². The predicted octanol–water partition coefficient (Wildman–Crippen LogP) is 0.976. The number of carbonyl (C=O) groups is 1. The molecule has 7 heteroatoms. The fourth-order valence-corrected chi connectivity index (χ4v) is 1.99. The summed E-state index contributed by atoms with van der Waals surface area (Å²) in [6, 6.07) is 5.20. The van der Waals surface area contributed by atoms with Gasteiger partial charge in [0.05, 0.1) is 23.7 Å². The van der Waals surface area contributed by atoms with E-state index >= 15 is 0 Å². The predicted molar refractivity (Wildman–Crippen MR) is 78.5 cm³/mol. The summed E-state index contributed by atoms with van der Waals surface area (Å²) >= 11 is 3.42. The van der Waals surface area contributed by atoms with Crippen molar-refractivity contribution in [3.8, 4) is 5.75 Å². The van der Waals surface area contributed by atoms with Gasteiger partial charge in [-0.05, 0) is 33.6 Å². The second kappa shape index (κ2) is 8.91. The van der Waals surface area contributed by atoms with Crippen molar-refractivity contribution in [2.24, 2.45) is 11.5 Å². The third-order valence-electron chi connectivity index (χ3n) is 2.47. The van der Waals surface area contributed by atoms with E-state index in [0.29, 0.717) is 13.2 Å². The van der Waals surface area contributed by atoms with Crippen LogP contribution in [0.3, 0.4) is 0 Å². The van der Waals surface area contributed by atoms with Crippen molar-refractivity contribution >= 4 is 21.8 Å². The number of benzene rings is 1. The molecule has 1 unspecified atom stereocenters. The van der Waals surface area contributed by atoms with Crippen LogP contribution in [0.2, 0.25) is 0 Å². The number of carbonyl (C=O) groups excluding carboxylic acids is 1. The summed E-state index contributed by atoms with van der Waals surface area (Å²) in [5.74, 6) is 0.205. The van der Waals surface area contributed by atoms with Gasteiger partial charge >= 0.3 is 0 Å². The van der Waals surface area contributed by atoms with E-state index < -0.39 is 5.91 Å². The van der Waals surface area contributed by atoms with Gasteiger partial charge in [0.2, 0.25) is 5.91 Å². The average molecular weight is 347 g/mol. The van der Waals surface area contributed by atoms with Crippen molar-refractivity contribution < 1.29 is 19.0 Å². The van der Waals surface area contributed by atoms with E-state index in [1.54, 1.807) is 7.11 Å². The molecular formula is C13H19BrN2O4. The van der Waals surface area contributed by atoms with Crippen LogP contribution < -0.4 is 16.2 Å². The van der Waals surface area contributed by atoms with E-state index in [1.165, 1.54) is 0 Å². The van der Waals surface area contributed by atoms with Crippen LogP contribution in [-0.2, 0) is 14.3 Å². The zero-order valence-corrected chi connectivity index (χ0v) is 12.9. The SMILES string of the molecule is COCCOc1ccc(C(N)COCC(N)=O)cc1Br. The lowest BCUT2D eigenvalue weighted by Gasteiger charge is -2.14. The van der Waals surface area contributed by atoms with Crippen LogP contribution >= 0.6 is 15.9 Å². The standard InChI is InChI=1S/C13H19BrN2O4/c1-18-4-5-20-12-3-2-9(6-10(12)14)11(15)7-19-8-13(16)17/h2-3,6,11H,4-5,7-8,15H2,1H3,(H2,16,17). The van der Waals surface area contributed by atoms with E-state index in [1.807, 2.05) is 18.2 Å². The Morgan fingerprint density at radius 2 is 2.15 bits per heavy atom. The molecule has 0 saturated heterocycles. The highest BCUT2D eigenvalue weighted by atomic mass is 79.9. The van der Waals surface area contributed by atoms with E-state index in [4.69, 9.17) is 25.7 Å². The monoisotopic (exact) mass is 346 g/mol. The summed E-state index contributed by atoms with van der Waals surface area (Å²) in [5.41, 5.74) is 11.8. The van der Waals surface area contributed by atoms with Gasteiger partial charge < -0.3 is 25.7 Å². The minimum atomic E-state index is -0.514. The topological polar surface area (TPSA) is 96.8 Å². The maximum atomic E-state index is 10.6. The first-order valence-electron chi connectivity index (χ1n) is 6.07. The molecule has 0 heterocycles. The molecule has 4 N–H and O–H groups in total. The Morgan fingerprint density at radius 1 is 1.40 bits per heavy atom. The second-order valence-corrected chi connectivity index (χ2v) is 4.97. The number of methoxy groups -OCH3 is 1. The van der Waals surface area contributed by atoms with Gasteiger partial charge in [-0.25, -0.2) is 0 Å². The molecule has 6 nitrogen and oxygen atoms in total. The Labute approximate surface area is 126 Å². The van der Waals surface area contributed by atoms with Crippen molar-refractivity contribution in [2.75, 3.05) is 33.5 Å². The van der Waals surface area contributed by atoms with Crippen LogP contribution in [0, 0.1) is 0 Å². The zero-order valence-electron chi connectivity index (χ0n) is 11.3. The molecule has 0 spiro atoms. The first-order valence-corrected chi connectivity index (χ1v) is 6.86. The maximum absolute atomic E-state index is 10.6. The van der Waals surface area contributed by atoms with Crippen LogP contribution in [0.15, 0.2) is 22.7 Å². The number of nitrogens with two attached hydrogens (primary N) is 2. The van der Waals surface area contributed by atoms with Gasteiger partial charge in [-0.3, -0.25) is 4.79 Å². The van der Waals surface area contributed by atoms with Crippen molar-refractivity contribution in [3.05, 3.63) is 28.2 Å². The molecule has 1 amide bonds. The fourth-order valence-electron chi connectivity index (χ4n) is 1.48. The normalized spacial score (nSPS) is 12.2. The molecule has 0 aliphatic carbocycles. The number of rotatable bonds is 9. The fraction of sp³-hybridized carbons (Fsp3) is 0.462. The van der Waals surface area contributed by atoms with Crippen molar-refractivity contribution in [2.45, 2.75) is 6.04 Å².